The van der Waals surface area contributed by atoms with Crippen LogP contribution in [0.3, 0.4) is 0 Å². The van der Waals surface area contributed by atoms with Crippen LogP contribution in [0, 0.1) is 34.5 Å². The quantitative estimate of drug-likeness (QED) is 0.355. The number of hydrogen-bond acceptors (Lipinski definition) is 5. The molecule has 4 fully saturated rings. The molecule has 38 heavy (non-hydrogen) atoms. The molecular weight excluding hydrogens is 474 g/mol. The van der Waals surface area contributed by atoms with Crippen molar-refractivity contribution in [3.8, 4) is 0 Å². The van der Waals surface area contributed by atoms with Gasteiger partial charge in [0.15, 0.2) is 0 Å². The molecule has 0 amide bonds. The van der Waals surface area contributed by atoms with Crippen LogP contribution in [0.25, 0.3) is 0 Å². The number of nitrogens with zero attached hydrogens (tertiary/aromatic N) is 1. The summed E-state index contributed by atoms with van der Waals surface area (Å²) < 4.78 is 11.5. The number of benzene rings is 1. The maximum atomic E-state index is 13.2. The van der Waals surface area contributed by atoms with E-state index in [2.05, 4.69) is 31.9 Å². The molecule has 0 bridgehead atoms. The zero-order valence-electron chi connectivity index (χ0n) is 23.7. The predicted octanol–water partition coefficient (Wildman–Crippen LogP) is 5.97. The minimum atomic E-state index is -0.898. The van der Waals surface area contributed by atoms with Crippen molar-refractivity contribution >= 4 is 11.9 Å². The van der Waals surface area contributed by atoms with Crippen LogP contribution < -0.4 is 0 Å². The van der Waals surface area contributed by atoms with Crippen LogP contribution in [0.4, 0.5) is 0 Å². The highest BCUT2D eigenvalue weighted by Crippen LogP contribution is 2.68. The van der Waals surface area contributed by atoms with E-state index in [0.29, 0.717) is 11.8 Å². The van der Waals surface area contributed by atoms with Crippen molar-refractivity contribution in [2.24, 2.45) is 34.5 Å². The molecular formula is C33H45NO4. The van der Waals surface area contributed by atoms with Gasteiger partial charge < -0.3 is 14.4 Å². The number of carbonyl (C=O) groups is 2. The van der Waals surface area contributed by atoms with Crippen LogP contribution in [0.2, 0.25) is 0 Å². The van der Waals surface area contributed by atoms with Gasteiger partial charge in [-0.2, -0.15) is 0 Å². The monoisotopic (exact) mass is 519 g/mol. The Morgan fingerprint density at radius 3 is 2.58 bits per heavy atom. The van der Waals surface area contributed by atoms with Gasteiger partial charge in [0.2, 0.25) is 6.10 Å². The van der Waals surface area contributed by atoms with Crippen LogP contribution in [0.1, 0.15) is 77.7 Å². The van der Waals surface area contributed by atoms with Gasteiger partial charge in [-0.25, -0.2) is 4.79 Å². The van der Waals surface area contributed by atoms with Crippen molar-refractivity contribution < 1.29 is 19.1 Å². The summed E-state index contributed by atoms with van der Waals surface area (Å²) in [6.45, 7) is 7.62. The topological polar surface area (TPSA) is 55.8 Å². The van der Waals surface area contributed by atoms with E-state index in [4.69, 9.17) is 9.47 Å². The fraction of sp³-hybridized carbons (Fsp3) is 0.697. The molecule has 1 spiro atoms. The van der Waals surface area contributed by atoms with Crippen LogP contribution in [-0.4, -0.2) is 48.7 Å². The molecule has 1 saturated heterocycles. The number of likely N-dealkylation sites (tertiary alicyclic amines) is 1. The van der Waals surface area contributed by atoms with E-state index in [1.807, 2.05) is 30.3 Å². The molecule has 206 valence electrons. The molecule has 1 aromatic carbocycles. The molecule has 0 aromatic heterocycles. The third-order valence-corrected chi connectivity index (χ3v) is 11.8. The molecule has 5 aliphatic rings. The summed E-state index contributed by atoms with van der Waals surface area (Å²) in [4.78, 5) is 27.6. The number of carbonyl (C=O) groups excluding carboxylic acids is 2. The average Bonchev–Trinajstić information content (AvgIpc) is 3.37. The number of esters is 2. The molecule has 9 atom stereocenters. The van der Waals surface area contributed by atoms with Gasteiger partial charge in [-0.1, -0.05) is 48.9 Å². The SMILES string of the molecule is CC(=O)O[C@@H](Cc1ccccc1)C(=O)O[C@H]1CC[C@@]2(C)C(=CC[C@H]3[C@@H]4CC[C@@H]5[C@H](C)N(C)C[C@@]54CC[C@@H]32)C1. The van der Waals surface area contributed by atoms with Crippen LogP contribution in [-0.2, 0) is 25.5 Å². The first kappa shape index (κ1) is 26.1. The zero-order chi connectivity index (χ0) is 26.7. The number of fused-ring (bicyclic) bond motifs is 4. The molecule has 3 saturated carbocycles. The Morgan fingerprint density at radius 1 is 1.05 bits per heavy atom. The van der Waals surface area contributed by atoms with E-state index in [0.717, 1.165) is 54.5 Å². The van der Waals surface area contributed by atoms with E-state index in [1.165, 1.54) is 51.1 Å². The lowest BCUT2D eigenvalue weighted by atomic mass is 9.47. The van der Waals surface area contributed by atoms with Gasteiger partial charge >= 0.3 is 11.9 Å². The maximum Gasteiger partial charge on any atom is 0.348 e. The summed E-state index contributed by atoms with van der Waals surface area (Å²) in [5, 5.41) is 0. The zero-order valence-corrected chi connectivity index (χ0v) is 23.7. The molecule has 1 aromatic rings. The van der Waals surface area contributed by atoms with Crippen molar-refractivity contribution in [3.05, 3.63) is 47.5 Å². The summed E-state index contributed by atoms with van der Waals surface area (Å²) in [6.07, 6.45) is 11.4. The minimum Gasteiger partial charge on any atom is -0.459 e. The Bertz CT molecular complexity index is 1100. The number of allylic oxidation sites excluding steroid dienone is 1. The van der Waals surface area contributed by atoms with Crippen molar-refractivity contribution in [3.63, 3.8) is 0 Å². The summed E-state index contributed by atoms with van der Waals surface area (Å²) in [7, 11) is 2.34. The Morgan fingerprint density at radius 2 is 1.82 bits per heavy atom. The molecule has 1 heterocycles. The second kappa shape index (κ2) is 9.80. The lowest BCUT2D eigenvalue weighted by Gasteiger charge is -2.58. The van der Waals surface area contributed by atoms with Crippen LogP contribution in [0.15, 0.2) is 42.0 Å². The van der Waals surface area contributed by atoms with Gasteiger partial charge in [0.25, 0.3) is 0 Å². The lowest BCUT2D eigenvalue weighted by Crippen LogP contribution is -2.52. The Balaban J connectivity index is 1.15. The molecule has 0 unspecified atom stereocenters. The third kappa shape index (κ3) is 4.24. The van der Waals surface area contributed by atoms with Gasteiger partial charge in [-0.15, -0.1) is 0 Å². The fourth-order valence-corrected chi connectivity index (χ4v) is 9.97. The van der Waals surface area contributed by atoms with Gasteiger partial charge in [0, 0.05) is 32.4 Å². The highest BCUT2D eigenvalue weighted by molar-refractivity contribution is 5.79. The molecule has 0 radical (unpaired) electrons. The van der Waals surface area contributed by atoms with Crippen LogP contribution >= 0.6 is 0 Å². The first-order valence-corrected chi connectivity index (χ1v) is 15.0. The Kier molecular flexibility index (Phi) is 6.73. The maximum absolute atomic E-state index is 13.2. The first-order valence-electron chi connectivity index (χ1n) is 15.0. The van der Waals surface area contributed by atoms with E-state index in [9.17, 15) is 9.59 Å². The molecule has 5 nitrogen and oxygen atoms in total. The van der Waals surface area contributed by atoms with Crippen LogP contribution in [0.5, 0.6) is 0 Å². The van der Waals surface area contributed by atoms with E-state index < -0.39 is 18.0 Å². The summed E-state index contributed by atoms with van der Waals surface area (Å²) in [5.41, 5.74) is 3.24. The van der Waals surface area contributed by atoms with E-state index in [1.54, 1.807) is 0 Å². The number of ether oxygens (including phenoxy) is 2. The smallest absolute Gasteiger partial charge is 0.348 e. The lowest BCUT2D eigenvalue weighted by molar-refractivity contribution is -0.172. The highest BCUT2D eigenvalue weighted by atomic mass is 16.6. The standard InChI is InChI=1S/C33H45NO4/c1-21-27-12-13-29-26-11-10-24-19-25(14-16-32(24,3)28(26)15-17-33(27,29)20-34(21)4)38-31(36)30(37-22(2)35)18-23-8-6-5-7-9-23/h5-10,21,25-30H,11-20H2,1-4H3/t21-,25-,26+,27+,28-,29-,30-,32-,33-/m0/s1. The van der Waals surface area contributed by atoms with Crippen molar-refractivity contribution in [2.45, 2.75) is 96.8 Å². The van der Waals surface area contributed by atoms with Crippen molar-refractivity contribution in [1.29, 1.82) is 0 Å². The molecule has 0 N–H and O–H groups in total. The van der Waals surface area contributed by atoms with Gasteiger partial charge in [-0.3, -0.25) is 4.79 Å². The first-order chi connectivity index (χ1) is 18.2. The molecule has 4 aliphatic carbocycles. The number of hydrogen-bond donors (Lipinski definition) is 0. The van der Waals surface area contributed by atoms with Gasteiger partial charge in [0.1, 0.15) is 6.10 Å². The Hall–Kier alpha value is -2.14. The van der Waals surface area contributed by atoms with Crippen molar-refractivity contribution in [2.75, 3.05) is 13.6 Å². The second-order valence-corrected chi connectivity index (χ2v) is 13.5. The van der Waals surface area contributed by atoms with Crippen molar-refractivity contribution in [1.82, 2.24) is 4.90 Å². The number of rotatable bonds is 5. The molecule has 5 heteroatoms. The van der Waals surface area contributed by atoms with Gasteiger partial charge in [0.05, 0.1) is 0 Å². The minimum absolute atomic E-state index is 0.137. The third-order valence-electron chi connectivity index (χ3n) is 11.8. The predicted molar refractivity (Wildman–Crippen MR) is 147 cm³/mol. The summed E-state index contributed by atoms with van der Waals surface area (Å²) in [6, 6.07) is 10.4. The molecule has 6 rings (SSSR count). The van der Waals surface area contributed by atoms with E-state index >= 15 is 0 Å². The fourth-order valence-electron chi connectivity index (χ4n) is 9.97. The van der Waals surface area contributed by atoms with Gasteiger partial charge in [-0.05, 0) is 99.0 Å². The molecule has 1 aliphatic heterocycles. The largest absolute Gasteiger partial charge is 0.459 e. The average molecular weight is 520 g/mol. The van der Waals surface area contributed by atoms with E-state index in [-0.39, 0.29) is 11.5 Å². The summed E-state index contributed by atoms with van der Waals surface area (Å²) in [5.74, 6) is 2.44. The normalized spacial score (nSPS) is 40.7. The Labute approximate surface area is 228 Å². The summed E-state index contributed by atoms with van der Waals surface area (Å²) >= 11 is 0. The highest BCUT2D eigenvalue weighted by Gasteiger charge is 2.64. The second-order valence-electron chi connectivity index (χ2n) is 13.5.